The molecule has 0 aliphatic heterocycles. The summed E-state index contributed by atoms with van der Waals surface area (Å²) in [5.74, 6) is 1.23. The molecule has 3 rings (SSSR count). The highest BCUT2D eigenvalue weighted by Crippen LogP contribution is 2.68. The van der Waals surface area contributed by atoms with Crippen molar-refractivity contribution < 1.29 is 4.74 Å². The normalized spacial score (nSPS) is 20.2. The lowest BCUT2D eigenvalue weighted by Gasteiger charge is -2.06. The topological polar surface area (TPSA) is 42.8 Å². The van der Waals surface area contributed by atoms with Gasteiger partial charge in [0.1, 0.15) is 0 Å². The molecule has 1 aliphatic carbocycles. The minimum Gasteiger partial charge on any atom is -0.481 e. The second-order valence-electron chi connectivity index (χ2n) is 6.76. The Kier molecular flexibility index (Phi) is 2.77. The number of aromatic amines is 1. The smallest absolute Gasteiger partial charge is 0.215 e. The first-order chi connectivity index (χ1) is 9.29. The molecule has 20 heavy (non-hydrogen) atoms. The fraction of sp³-hybridized carbons (Fsp3) is 0.600. The van der Waals surface area contributed by atoms with Gasteiger partial charge in [0.05, 0.1) is 12.6 Å². The molecule has 0 unspecified atom stereocenters. The number of imidazole rings is 1. The third-order valence-electron chi connectivity index (χ3n) is 5.49. The molecule has 0 saturated heterocycles. The van der Waals surface area contributed by atoms with Crippen LogP contribution < -0.4 is 4.74 Å². The van der Waals surface area contributed by atoms with Gasteiger partial charge >= 0.3 is 0 Å². The summed E-state index contributed by atoms with van der Waals surface area (Å²) in [5, 5.41) is 0. The van der Waals surface area contributed by atoms with Crippen LogP contribution in [0.1, 0.15) is 27.7 Å². The van der Waals surface area contributed by atoms with E-state index < -0.39 is 0 Å². The van der Waals surface area contributed by atoms with Crippen LogP contribution in [0.2, 0.25) is 0 Å². The Morgan fingerprint density at radius 2 is 1.95 bits per heavy atom. The van der Waals surface area contributed by atoms with E-state index in [1.54, 1.807) is 7.11 Å². The number of methoxy groups -OCH3 is 1. The summed E-state index contributed by atoms with van der Waals surface area (Å²) in [4.78, 5) is 7.76. The Hall–Kier alpha value is -1.36. The molecule has 0 amide bonds. The van der Waals surface area contributed by atoms with Crippen molar-refractivity contribution in [2.24, 2.45) is 16.7 Å². The van der Waals surface area contributed by atoms with Gasteiger partial charge in [-0.25, -0.2) is 0 Å². The zero-order valence-electron chi connectivity index (χ0n) is 12.7. The molecule has 2 aromatic rings. The molecule has 108 valence electrons. The van der Waals surface area contributed by atoms with E-state index in [1.165, 1.54) is 0 Å². The van der Waals surface area contributed by atoms with E-state index in [9.17, 15) is 0 Å². The van der Waals surface area contributed by atoms with Gasteiger partial charge in [-0.05, 0) is 35.0 Å². The number of aromatic nitrogens is 3. The lowest BCUT2D eigenvalue weighted by atomic mass is 10.0. The number of nitrogens with zero attached hydrogens (tertiary/aromatic N) is 2. The first-order valence-corrected chi connectivity index (χ1v) is 7.33. The van der Waals surface area contributed by atoms with E-state index in [4.69, 9.17) is 17.0 Å². The molecule has 1 N–H and O–H groups in total. The molecule has 1 aliphatic rings. The highest BCUT2D eigenvalue weighted by molar-refractivity contribution is 7.71. The molecule has 1 fully saturated rings. The molecule has 0 aromatic carbocycles. The van der Waals surface area contributed by atoms with Crippen LogP contribution in [0.5, 0.6) is 5.88 Å². The maximum Gasteiger partial charge on any atom is 0.215 e. The molecule has 0 spiro atoms. The lowest BCUT2D eigenvalue weighted by Crippen LogP contribution is -2.05. The summed E-state index contributed by atoms with van der Waals surface area (Å²) in [6.45, 7) is 10.2. The minimum atomic E-state index is 0.338. The predicted octanol–water partition coefficient (Wildman–Crippen LogP) is 3.78. The van der Waals surface area contributed by atoms with Gasteiger partial charge in [-0.3, -0.25) is 0 Å². The van der Waals surface area contributed by atoms with Crippen LogP contribution >= 0.6 is 12.2 Å². The molecule has 5 heteroatoms. The zero-order valence-corrected chi connectivity index (χ0v) is 13.5. The standard InChI is InChI=1S/C15H21N3OS/c1-14(2)10(15(14,3)4)8-18-12-9(16-13(18)20)6-7-11(17-12)19-5/h6-7,10H,8H2,1-5H3,(H,16,20). The number of hydrogen-bond donors (Lipinski definition) is 1. The van der Waals surface area contributed by atoms with Gasteiger partial charge in [-0.15, -0.1) is 0 Å². The van der Waals surface area contributed by atoms with Crippen LogP contribution in [-0.4, -0.2) is 21.6 Å². The number of rotatable bonds is 3. The molecule has 2 heterocycles. The Bertz CT molecular complexity index is 712. The van der Waals surface area contributed by atoms with Gasteiger partial charge in [0.2, 0.25) is 5.88 Å². The number of hydrogen-bond acceptors (Lipinski definition) is 3. The predicted molar refractivity (Wildman–Crippen MR) is 82.5 cm³/mol. The summed E-state index contributed by atoms with van der Waals surface area (Å²) in [5.41, 5.74) is 2.52. The van der Waals surface area contributed by atoms with Crippen molar-refractivity contribution in [1.29, 1.82) is 0 Å². The number of fused-ring (bicyclic) bond motifs is 1. The van der Waals surface area contributed by atoms with Gasteiger partial charge in [0, 0.05) is 12.6 Å². The fourth-order valence-corrected chi connectivity index (χ4v) is 3.54. The number of ether oxygens (including phenoxy) is 1. The first-order valence-electron chi connectivity index (χ1n) is 6.92. The van der Waals surface area contributed by atoms with Crippen molar-refractivity contribution in [1.82, 2.24) is 14.5 Å². The van der Waals surface area contributed by atoms with Crippen LogP contribution in [0.3, 0.4) is 0 Å². The first kappa shape index (κ1) is 13.6. The van der Waals surface area contributed by atoms with Crippen molar-refractivity contribution in [3.05, 3.63) is 16.9 Å². The monoisotopic (exact) mass is 291 g/mol. The van der Waals surface area contributed by atoms with Crippen molar-refractivity contribution in [3.8, 4) is 5.88 Å². The van der Waals surface area contributed by atoms with E-state index in [-0.39, 0.29) is 0 Å². The minimum absolute atomic E-state index is 0.338. The Labute approximate surface area is 124 Å². The van der Waals surface area contributed by atoms with E-state index in [2.05, 4.69) is 42.2 Å². The maximum atomic E-state index is 5.46. The van der Waals surface area contributed by atoms with Crippen LogP contribution in [0.25, 0.3) is 11.2 Å². The highest BCUT2D eigenvalue weighted by Gasteiger charge is 2.64. The third kappa shape index (κ3) is 1.72. The molecule has 2 aromatic heterocycles. The molecule has 0 radical (unpaired) electrons. The van der Waals surface area contributed by atoms with E-state index in [0.29, 0.717) is 22.6 Å². The summed E-state index contributed by atoms with van der Waals surface area (Å²) in [7, 11) is 1.63. The Morgan fingerprint density at radius 3 is 2.50 bits per heavy atom. The van der Waals surface area contributed by atoms with Crippen molar-refractivity contribution >= 4 is 23.4 Å². The van der Waals surface area contributed by atoms with Gasteiger partial charge in [0.25, 0.3) is 0 Å². The second kappa shape index (κ2) is 4.07. The van der Waals surface area contributed by atoms with Crippen molar-refractivity contribution in [2.75, 3.05) is 7.11 Å². The van der Waals surface area contributed by atoms with E-state index >= 15 is 0 Å². The quantitative estimate of drug-likeness (QED) is 0.875. The molecule has 0 atom stereocenters. The zero-order chi connectivity index (χ0) is 14.7. The number of nitrogens with one attached hydrogen (secondary N) is 1. The number of H-pyrrole nitrogens is 1. The van der Waals surface area contributed by atoms with Gasteiger partial charge in [-0.2, -0.15) is 4.98 Å². The van der Waals surface area contributed by atoms with E-state index in [1.807, 2.05) is 12.1 Å². The number of pyridine rings is 1. The van der Waals surface area contributed by atoms with Gasteiger partial charge in [0.15, 0.2) is 10.4 Å². The molecule has 4 nitrogen and oxygen atoms in total. The molecule has 1 saturated carbocycles. The second-order valence-corrected chi connectivity index (χ2v) is 7.15. The summed E-state index contributed by atoms with van der Waals surface area (Å²) in [6, 6.07) is 3.82. The summed E-state index contributed by atoms with van der Waals surface area (Å²) < 4.78 is 8.06. The summed E-state index contributed by atoms with van der Waals surface area (Å²) >= 11 is 5.46. The lowest BCUT2D eigenvalue weighted by molar-refractivity contribution is 0.398. The van der Waals surface area contributed by atoms with Crippen LogP contribution in [-0.2, 0) is 6.54 Å². The third-order valence-corrected chi connectivity index (χ3v) is 5.81. The molecular formula is C15H21N3OS. The average molecular weight is 291 g/mol. The summed E-state index contributed by atoms with van der Waals surface area (Å²) in [6.07, 6.45) is 0. The van der Waals surface area contributed by atoms with Gasteiger partial charge < -0.3 is 14.3 Å². The van der Waals surface area contributed by atoms with Crippen LogP contribution in [0.4, 0.5) is 0 Å². The average Bonchev–Trinajstić information content (AvgIpc) is 2.67. The largest absolute Gasteiger partial charge is 0.481 e. The van der Waals surface area contributed by atoms with Crippen LogP contribution in [0, 0.1) is 21.5 Å². The Morgan fingerprint density at radius 1 is 1.30 bits per heavy atom. The Balaban J connectivity index is 2.04. The maximum absolute atomic E-state index is 5.46. The fourth-order valence-electron chi connectivity index (χ4n) is 3.27. The van der Waals surface area contributed by atoms with Crippen molar-refractivity contribution in [3.63, 3.8) is 0 Å². The van der Waals surface area contributed by atoms with E-state index in [0.717, 1.165) is 22.5 Å². The highest BCUT2D eigenvalue weighted by atomic mass is 32.1. The van der Waals surface area contributed by atoms with Gasteiger partial charge in [-0.1, -0.05) is 27.7 Å². The van der Waals surface area contributed by atoms with Crippen molar-refractivity contribution in [2.45, 2.75) is 34.2 Å². The van der Waals surface area contributed by atoms with Crippen LogP contribution in [0.15, 0.2) is 12.1 Å². The molecule has 0 bridgehead atoms. The SMILES string of the molecule is COc1ccc2[nH]c(=S)n(CC3C(C)(C)C3(C)C)c2n1. The molecular weight excluding hydrogens is 270 g/mol.